The number of hydrogen-bond donors (Lipinski definition) is 1. The minimum atomic E-state index is -3.53. The molecule has 0 bridgehead atoms. The van der Waals surface area contributed by atoms with Crippen LogP contribution >= 0.6 is 0 Å². The van der Waals surface area contributed by atoms with E-state index in [2.05, 4.69) is 5.32 Å². The normalized spacial score (nSPS) is 12.8. The Labute approximate surface area is 121 Å². The summed E-state index contributed by atoms with van der Waals surface area (Å²) in [4.78, 5) is 12.2. The molecule has 1 N–H and O–H groups in total. The zero-order valence-corrected chi connectivity index (χ0v) is 13.0. The molecule has 6 heteroatoms. The lowest BCUT2D eigenvalue weighted by Crippen LogP contribution is -2.49. The molecule has 1 atom stereocenters. The first kappa shape index (κ1) is 16.5. The monoisotopic (exact) mass is 298 g/mol. The molecule has 1 aromatic rings. The van der Waals surface area contributed by atoms with E-state index >= 15 is 0 Å². The van der Waals surface area contributed by atoms with Gasteiger partial charge in [0.05, 0.1) is 11.9 Å². The van der Waals surface area contributed by atoms with Crippen LogP contribution in [0.15, 0.2) is 30.3 Å². The minimum Gasteiger partial charge on any atom is -0.354 e. The molecule has 0 heterocycles. The zero-order valence-electron chi connectivity index (χ0n) is 12.2. The summed E-state index contributed by atoms with van der Waals surface area (Å²) in [6.45, 7) is 4.30. The molecule has 112 valence electrons. The van der Waals surface area contributed by atoms with E-state index in [-0.39, 0.29) is 5.91 Å². The van der Waals surface area contributed by atoms with Crippen LogP contribution in [0, 0.1) is 0 Å². The van der Waals surface area contributed by atoms with E-state index in [4.69, 9.17) is 0 Å². The van der Waals surface area contributed by atoms with E-state index in [0.717, 1.165) is 12.7 Å². The van der Waals surface area contributed by atoms with Crippen LogP contribution in [0.1, 0.15) is 26.7 Å². The molecule has 0 aliphatic carbocycles. The Morgan fingerprint density at radius 2 is 1.85 bits per heavy atom. The van der Waals surface area contributed by atoms with E-state index in [1.807, 2.05) is 13.0 Å². The van der Waals surface area contributed by atoms with Gasteiger partial charge >= 0.3 is 0 Å². The molecule has 0 aromatic heterocycles. The molecular formula is C14H22N2O3S. The molecule has 1 amide bonds. The first-order valence-corrected chi connectivity index (χ1v) is 8.58. The molecule has 0 radical (unpaired) electrons. The number of hydrogen-bond acceptors (Lipinski definition) is 3. The van der Waals surface area contributed by atoms with Crippen LogP contribution < -0.4 is 9.62 Å². The Hall–Kier alpha value is -1.56. The number of nitrogens with one attached hydrogen (secondary N) is 1. The van der Waals surface area contributed by atoms with Gasteiger partial charge < -0.3 is 5.32 Å². The number of amides is 1. The third kappa shape index (κ3) is 4.23. The third-order valence-electron chi connectivity index (χ3n) is 2.89. The lowest BCUT2D eigenvalue weighted by atomic mass is 10.2. The van der Waals surface area contributed by atoms with Crippen LogP contribution in [0.5, 0.6) is 0 Å². The summed E-state index contributed by atoms with van der Waals surface area (Å²) in [5, 5.41) is 2.76. The fourth-order valence-corrected chi connectivity index (χ4v) is 3.21. The number of anilines is 1. The average Bonchev–Trinajstić information content (AvgIpc) is 2.41. The lowest BCUT2D eigenvalue weighted by Gasteiger charge is -2.30. The predicted molar refractivity (Wildman–Crippen MR) is 81.1 cm³/mol. The Morgan fingerprint density at radius 1 is 1.25 bits per heavy atom. The Morgan fingerprint density at radius 3 is 2.30 bits per heavy atom. The van der Waals surface area contributed by atoms with Gasteiger partial charge in [-0.3, -0.25) is 9.10 Å². The summed E-state index contributed by atoms with van der Waals surface area (Å²) in [7, 11) is -3.53. The minimum absolute atomic E-state index is 0.261. The Balaban J connectivity index is 3.13. The van der Waals surface area contributed by atoms with Crippen molar-refractivity contribution in [3.05, 3.63) is 30.3 Å². The lowest BCUT2D eigenvalue weighted by molar-refractivity contribution is -0.122. The van der Waals surface area contributed by atoms with Gasteiger partial charge in [-0.2, -0.15) is 0 Å². The summed E-state index contributed by atoms with van der Waals surface area (Å²) in [5.41, 5.74) is 0.508. The molecular weight excluding hydrogens is 276 g/mol. The molecule has 0 aliphatic rings. The number of sulfonamides is 1. The molecule has 0 unspecified atom stereocenters. The molecule has 0 spiro atoms. The van der Waals surface area contributed by atoms with Crippen molar-refractivity contribution in [1.29, 1.82) is 0 Å². The topological polar surface area (TPSA) is 66.5 Å². The second-order valence-corrected chi connectivity index (χ2v) is 6.47. The molecule has 1 aromatic carbocycles. The summed E-state index contributed by atoms with van der Waals surface area (Å²) < 4.78 is 25.3. The van der Waals surface area contributed by atoms with Gasteiger partial charge in [0.1, 0.15) is 6.04 Å². The predicted octanol–water partition coefficient (Wildman–Crippen LogP) is 1.76. The molecule has 0 saturated heterocycles. The summed E-state index contributed by atoms with van der Waals surface area (Å²) >= 11 is 0. The van der Waals surface area contributed by atoms with Gasteiger partial charge in [0.25, 0.3) is 0 Å². The van der Waals surface area contributed by atoms with Crippen molar-refractivity contribution in [2.24, 2.45) is 0 Å². The molecule has 0 saturated carbocycles. The summed E-state index contributed by atoms with van der Waals surface area (Å²) in [5.74, 6) is -0.261. The maximum absolute atomic E-state index is 12.2. The number of carbonyl (C=O) groups is 1. The zero-order chi connectivity index (χ0) is 15.2. The summed E-state index contributed by atoms with van der Waals surface area (Å²) in [6.07, 6.45) is 2.35. The maximum atomic E-state index is 12.2. The van der Waals surface area contributed by atoms with Crippen molar-refractivity contribution < 1.29 is 13.2 Å². The Kier molecular flexibility index (Phi) is 6.01. The van der Waals surface area contributed by atoms with E-state index in [1.54, 1.807) is 31.2 Å². The molecule has 5 nitrogen and oxygen atoms in total. The smallest absolute Gasteiger partial charge is 0.243 e. The van der Waals surface area contributed by atoms with E-state index in [9.17, 15) is 13.2 Å². The van der Waals surface area contributed by atoms with Crippen molar-refractivity contribution in [2.75, 3.05) is 17.1 Å². The SMILES string of the molecule is CCCNC(=O)[C@@H](CC)N(c1ccccc1)S(C)(=O)=O. The number of benzene rings is 1. The number of rotatable bonds is 7. The van der Waals surface area contributed by atoms with Crippen LogP contribution in [-0.2, 0) is 14.8 Å². The van der Waals surface area contributed by atoms with Crippen molar-refractivity contribution >= 4 is 21.6 Å². The van der Waals surface area contributed by atoms with Crippen LogP contribution in [0.4, 0.5) is 5.69 Å². The van der Waals surface area contributed by atoms with Crippen LogP contribution in [0.25, 0.3) is 0 Å². The van der Waals surface area contributed by atoms with Gasteiger partial charge in [-0.25, -0.2) is 8.42 Å². The average molecular weight is 298 g/mol. The highest BCUT2D eigenvalue weighted by Gasteiger charge is 2.30. The van der Waals surface area contributed by atoms with Gasteiger partial charge in [-0.05, 0) is 25.0 Å². The van der Waals surface area contributed by atoms with Gasteiger partial charge in [0, 0.05) is 6.54 Å². The molecule has 0 aliphatic heterocycles. The van der Waals surface area contributed by atoms with E-state index in [0.29, 0.717) is 18.7 Å². The van der Waals surface area contributed by atoms with Crippen molar-refractivity contribution in [3.8, 4) is 0 Å². The van der Waals surface area contributed by atoms with Crippen LogP contribution in [0.3, 0.4) is 0 Å². The maximum Gasteiger partial charge on any atom is 0.243 e. The number of nitrogens with zero attached hydrogens (tertiary/aromatic N) is 1. The molecule has 0 fully saturated rings. The standard InChI is InChI=1S/C14H22N2O3S/c1-4-11-15-14(17)13(5-2)16(20(3,18)19)12-9-7-6-8-10-12/h6-10,13H,4-5,11H2,1-3H3,(H,15,17)/t13-/m1/s1. The highest BCUT2D eigenvalue weighted by molar-refractivity contribution is 7.92. The van der Waals surface area contributed by atoms with E-state index < -0.39 is 16.1 Å². The van der Waals surface area contributed by atoms with Crippen molar-refractivity contribution in [1.82, 2.24) is 5.32 Å². The van der Waals surface area contributed by atoms with Gasteiger partial charge in [-0.1, -0.05) is 32.0 Å². The fourth-order valence-electron chi connectivity index (χ4n) is 2.00. The highest BCUT2D eigenvalue weighted by Crippen LogP contribution is 2.21. The van der Waals surface area contributed by atoms with Gasteiger partial charge in [-0.15, -0.1) is 0 Å². The Bertz CT molecular complexity index is 529. The van der Waals surface area contributed by atoms with Gasteiger partial charge in [0.15, 0.2) is 0 Å². The van der Waals surface area contributed by atoms with Gasteiger partial charge in [0.2, 0.25) is 15.9 Å². The quantitative estimate of drug-likeness (QED) is 0.834. The summed E-state index contributed by atoms with van der Waals surface area (Å²) in [6, 6.07) is 7.98. The molecule has 20 heavy (non-hydrogen) atoms. The largest absolute Gasteiger partial charge is 0.354 e. The second kappa shape index (κ2) is 7.28. The van der Waals surface area contributed by atoms with Crippen molar-refractivity contribution in [3.63, 3.8) is 0 Å². The second-order valence-electron chi connectivity index (χ2n) is 4.61. The first-order chi connectivity index (χ1) is 9.41. The van der Waals surface area contributed by atoms with E-state index in [1.165, 1.54) is 4.31 Å². The van der Waals surface area contributed by atoms with Crippen LogP contribution in [0.2, 0.25) is 0 Å². The number of carbonyl (C=O) groups excluding carboxylic acids is 1. The highest BCUT2D eigenvalue weighted by atomic mass is 32.2. The fraction of sp³-hybridized carbons (Fsp3) is 0.500. The molecule has 1 rings (SSSR count). The van der Waals surface area contributed by atoms with Crippen molar-refractivity contribution in [2.45, 2.75) is 32.7 Å². The first-order valence-electron chi connectivity index (χ1n) is 6.74. The third-order valence-corrected chi connectivity index (χ3v) is 4.07. The number of para-hydroxylation sites is 1. The van der Waals surface area contributed by atoms with Crippen LogP contribution in [-0.4, -0.2) is 33.2 Å².